The highest BCUT2D eigenvalue weighted by Gasteiger charge is 2.34. The molecule has 0 aliphatic carbocycles. The number of thiocarbonyl (C=S) groups is 1. The molecule has 1 aliphatic heterocycles. The van der Waals surface area contributed by atoms with Crippen LogP contribution in [0.4, 0.5) is 5.69 Å². The third-order valence-corrected chi connectivity index (χ3v) is 5.97. The van der Waals surface area contributed by atoms with Crippen LogP contribution in [0.2, 0.25) is 0 Å². The minimum Gasteiger partial charge on any atom is -0.545 e. The summed E-state index contributed by atoms with van der Waals surface area (Å²) in [6.07, 6.45) is 1.65. The number of aromatic carboxylic acids is 1. The Morgan fingerprint density at radius 3 is 2.67 bits per heavy atom. The number of benzene rings is 2. The van der Waals surface area contributed by atoms with Gasteiger partial charge in [-0.25, -0.2) is 0 Å². The Morgan fingerprint density at radius 1 is 1.13 bits per heavy atom. The van der Waals surface area contributed by atoms with Gasteiger partial charge in [0.1, 0.15) is 11.5 Å². The lowest BCUT2D eigenvalue weighted by atomic mass is 10.1. The number of rotatable bonds is 4. The van der Waals surface area contributed by atoms with E-state index in [9.17, 15) is 14.7 Å². The minimum absolute atomic E-state index is 0.0692. The average molecular weight is 435 g/mol. The Bertz CT molecular complexity index is 1230. The molecule has 30 heavy (non-hydrogen) atoms. The van der Waals surface area contributed by atoms with E-state index in [2.05, 4.69) is 0 Å². The van der Waals surface area contributed by atoms with Crippen molar-refractivity contribution < 1.29 is 19.1 Å². The molecule has 2 heterocycles. The predicted molar refractivity (Wildman–Crippen MR) is 120 cm³/mol. The third kappa shape index (κ3) is 3.81. The lowest BCUT2D eigenvalue weighted by molar-refractivity contribution is -0.255. The van der Waals surface area contributed by atoms with Gasteiger partial charge in [0.25, 0.3) is 5.91 Å². The first-order valence-corrected chi connectivity index (χ1v) is 10.3. The van der Waals surface area contributed by atoms with E-state index in [0.717, 1.165) is 16.8 Å². The molecule has 0 N–H and O–H groups in total. The summed E-state index contributed by atoms with van der Waals surface area (Å²) < 4.78 is 6.28. The van der Waals surface area contributed by atoms with Crippen LogP contribution in [0.25, 0.3) is 17.4 Å². The Hall–Kier alpha value is -3.16. The van der Waals surface area contributed by atoms with Gasteiger partial charge in [0.05, 0.1) is 16.6 Å². The van der Waals surface area contributed by atoms with Crippen LogP contribution in [0.1, 0.15) is 27.2 Å². The van der Waals surface area contributed by atoms with Crippen LogP contribution in [0.15, 0.2) is 63.9 Å². The zero-order valence-electron chi connectivity index (χ0n) is 16.2. The number of carboxylic acid groups (broad SMARTS) is 1. The normalized spacial score (nSPS) is 15.3. The molecular weight excluding hydrogens is 418 g/mol. The smallest absolute Gasteiger partial charge is 0.270 e. The molecule has 150 valence electrons. The molecule has 1 fully saturated rings. The topological polar surface area (TPSA) is 73.6 Å². The van der Waals surface area contributed by atoms with Crippen LogP contribution < -0.4 is 10.0 Å². The summed E-state index contributed by atoms with van der Waals surface area (Å²) in [5, 5.41) is 11.1. The van der Waals surface area contributed by atoms with Crippen molar-refractivity contribution in [1.29, 1.82) is 0 Å². The number of carboxylic acids is 1. The first-order chi connectivity index (χ1) is 14.3. The fourth-order valence-corrected chi connectivity index (χ4v) is 4.51. The van der Waals surface area contributed by atoms with Gasteiger partial charge >= 0.3 is 0 Å². The highest BCUT2D eigenvalue weighted by Crippen LogP contribution is 2.38. The number of carbonyl (C=O) groups excluding carboxylic acids is 2. The molecule has 0 radical (unpaired) electrons. The van der Waals surface area contributed by atoms with Gasteiger partial charge in [-0.1, -0.05) is 59.9 Å². The second-order valence-corrected chi connectivity index (χ2v) is 8.55. The highest BCUT2D eigenvalue weighted by atomic mass is 32.2. The van der Waals surface area contributed by atoms with Gasteiger partial charge in [-0.3, -0.25) is 9.69 Å². The Labute approximate surface area is 183 Å². The number of amides is 1. The summed E-state index contributed by atoms with van der Waals surface area (Å²) in [4.78, 5) is 26.1. The lowest BCUT2D eigenvalue weighted by Gasteiger charge is -2.17. The number of aryl methyl sites for hydroxylation is 2. The number of carbonyl (C=O) groups is 2. The number of anilines is 1. The Morgan fingerprint density at radius 2 is 1.93 bits per heavy atom. The van der Waals surface area contributed by atoms with E-state index in [-0.39, 0.29) is 11.5 Å². The predicted octanol–water partition coefficient (Wildman–Crippen LogP) is 4.33. The summed E-state index contributed by atoms with van der Waals surface area (Å²) >= 11 is 6.66. The molecule has 5 nitrogen and oxygen atoms in total. The van der Waals surface area contributed by atoms with Crippen molar-refractivity contribution in [2.24, 2.45) is 0 Å². The maximum atomic E-state index is 13.0. The average Bonchev–Trinajstić information content (AvgIpc) is 3.28. The first kappa shape index (κ1) is 20.1. The fourth-order valence-electron chi connectivity index (χ4n) is 3.25. The quantitative estimate of drug-likeness (QED) is 0.449. The molecule has 0 unspecified atom stereocenters. The molecule has 2 aromatic carbocycles. The number of thioether (sulfide) groups is 1. The van der Waals surface area contributed by atoms with E-state index < -0.39 is 5.97 Å². The van der Waals surface area contributed by atoms with Crippen LogP contribution in [0.3, 0.4) is 0 Å². The van der Waals surface area contributed by atoms with Gasteiger partial charge in [-0.15, -0.1) is 0 Å². The van der Waals surface area contributed by atoms with Crippen molar-refractivity contribution in [2.75, 3.05) is 4.90 Å². The molecule has 0 saturated carbocycles. The van der Waals surface area contributed by atoms with Gasteiger partial charge < -0.3 is 14.3 Å². The third-order valence-electron chi connectivity index (χ3n) is 4.67. The van der Waals surface area contributed by atoms with Crippen LogP contribution in [0.5, 0.6) is 0 Å². The van der Waals surface area contributed by atoms with E-state index in [4.69, 9.17) is 16.6 Å². The van der Waals surface area contributed by atoms with Crippen LogP contribution in [-0.4, -0.2) is 16.2 Å². The zero-order chi connectivity index (χ0) is 21.4. The SMILES string of the molecule is Cc1ccc(N2C(=O)/C(=C/c3ccc(-c4cccc(C(=O)[O-])c4)o3)SC2=S)c(C)c1. The van der Waals surface area contributed by atoms with Gasteiger partial charge in [-0.05, 0) is 49.2 Å². The molecule has 1 saturated heterocycles. The van der Waals surface area contributed by atoms with E-state index in [0.29, 0.717) is 26.3 Å². The molecule has 7 heteroatoms. The number of furan rings is 1. The van der Waals surface area contributed by atoms with Gasteiger partial charge in [0.15, 0.2) is 4.32 Å². The van der Waals surface area contributed by atoms with Gasteiger partial charge in [0.2, 0.25) is 0 Å². The second kappa shape index (κ2) is 7.93. The summed E-state index contributed by atoms with van der Waals surface area (Å²) in [5.41, 5.74) is 3.54. The van der Waals surface area contributed by atoms with Crippen molar-refractivity contribution >= 4 is 51.9 Å². The molecule has 0 atom stereocenters. The van der Waals surface area contributed by atoms with Crippen LogP contribution in [-0.2, 0) is 4.79 Å². The molecule has 0 spiro atoms. The largest absolute Gasteiger partial charge is 0.545 e. The lowest BCUT2D eigenvalue weighted by Crippen LogP contribution is -2.28. The standard InChI is InChI=1S/C23H17NO4S2/c1-13-6-8-18(14(2)10-13)24-21(25)20(30-23(24)29)12-17-7-9-19(28-17)15-4-3-5-16(11-15)22(26)27/h3-12H,1-2H3,(H,26,27)/p-1/b20-12-. The molecule has 1 amide bonds. The summed E-state index contributed by atoms with van der Waals surface area (Å²) in [5.74, 6) is -0.480. The molecular formula is C23H16NO4S2-. The van der Waals surface area contributed by atoms with E-state index >= 15 is 0 Å². The minimum atomic E-state index is -1.25. The molecule has 1 aromatic heterocycles. The molecule has 1 aliphatic rings. The van der Waals surface area contributed by atoms with Gasteiger partial charge in [0, 0.05) is 11.6 Å². The molecule has 4 rings (SSSR count). The number of hydrogen-bond donors (Lipinski definition) is 0. The van der Waals surface area contributed by atoms with E-state index in [1.165, 1.54) is 28.8 Å². The maximum Gasteiger partial charge on any atom is 0.270 e. The Balaban J connectivity index is 1.62. The Kier molecular flexibility index (Phi) is 5.32. The molecule has 0 bridgehead atoms. The van der Waals surface area contributed by atoms with Crippen molar-refractivity contribution in [3.8, 4) is 11.3 Å². The number of nitrogens with zero attached hydrogens (tertiary/aromatic N) is 1. The van der Waals surface area contributed by atoms with E-state index in [1.54, 1.807) is 30.3 Å². The van der Waals surface area contributed by atoms with Crippen molar-refractivity contribution in [3.05, 3.63) is 82.0 Å². The number of hydrogen-bond acceptors (Lipinski definition) is 6. The first-order valence-electron chi connectivity index (χ1n) is 9.10. The molecule has 3 aromatic rings. The van der Waals surface area contributed by atoms with Crippen LogP contribution >= 0.6 is 24.0 Å². The van der Waals surface area contributed by atoms with Crippen molar-refractivity contribution in [1.82, 2.24) is 0 Å². The fraction of sp³-hybridized carbons (Fsp3) is 0.0870. The monoisotopic (exact) mass is 434 g/mol. The summed E-state index contributed by atoms with van der Waals surface area (Å²) in [6.45, 7) is 3.95. The maximum absolute atomic E-state index is 13.0. The van der Waals surface area contributed by atoms with Crippen molar-refractivity contribution in [3.63, 3.8) is 0 Å². The second-order valence-electron chi connectivity index (χ2n) is 6.88. The zero-order valence-corrected chi connectivity index (χ0v) is 17.8. The summed E-state index contributed by atoms with van der Waals surface area (Å²) in [7, 11) is 0. The summed E-state index contributed by atoms with van der Waals surface area (Å²) in [6, 6.07) is 15.6. The van der Waals surface area contributed by atoms with Crippen molar-refractivity contribution in [2.45, 2.75) is 13.8 Å². The highest BCUT2D eigenvalue weighted by molar-refractivity contribution is 8.27. The van der Waals surface area contributed by atoms with Crippen LogP contribution in [0, 0.1) is 13.8 Å². The van der Waals surface area contributed by atoms with Gasteiger partial charge in [-0.2, -0.15) is 0 Å². The van der Waals surface area contributed by atoms with E-state index in [1.807, 2.05) is 32.0 Å².